The Bertz CT molecular complexity index is 1470. The maximum absolute atomic E-state index is 13.9. The molecule has 0 unspecified atom stereocenters. The van der Waals surface area contributed by atoms with Gasteiger partial charge >= 0.3 is 12.0 Å². The van der Waals surface area contributed by atoms with E-state index in [9.17, 15) is 29.1 Å². The van der Waals surface area contributed by atoms with Gasteiger partial charge in [-0.25, -0.2) is 9.59 Å². The number of hydrogen-bond acceptors (Lipinski definition) is 6. The van der Waals surface area contributed by atoms with Crippen molar-refractivity contribution >= 4 is 35.4 Å². The standard InChI is InChI=1S/C34H42N4O7/c1-34(2,3)23-10-13-25(14-11-23)37(18-21-6-8-22(9-7-21)29(40)35-17-28(39)32(43)44)33(45)36-24-12-15-26-27(16-24)31(42)38(30(26)41)19-20-4-5-20/h6-9,12,15-16,20,23,25,28,39H,4-5,10-11,13-14,17-19H2,1-3H3,(H,35,40)(H,36,45)(H,43,44)/t23?,25?,28-/m1/s1. The highest BCUT2D eigenvalue weighted by Crippen LogP contribution is 2.39. The van der Waals surface area contributed by atoms with E-state index in [2.05, 4.69) is 31.4 Å². The lowest BCUT2D eigenvalue weighted by atomic mass is 9.71. The minimum Gasteiger partial charge on any atom is -0.479 e. The number of aliphatic carboxylic acids is 1. The normalized spacial score (nSPS) is 20.4. The Morgan fingerprint density at radius 1 is 0.933 bits per heavy atom. The maximum Gasteiger partial charge on any atom is 0.334 e. The highest BCUT2D eigenvalue weighted by Gasteiger charge is 2.39. The summed E-state index contributed by atoms with van der Waals surface area (Å²) in [5.74, 6) is -1.62. The molecule has 2 aliphatic carbocycles. The average Bonchev–Trinajstić information content (AvgIpc) is 3.81. The fourth-order valence-corrected chi connectivity index (χ4v) is 6.25. The van der Waals surface area contributed by atoms with Crippen molar-refractivity contribution in [3.63, 3.8) is 0 Å². The summed E-state index contributed by atoms with van der Waals surface area (Å²) < 4.78 is 0. The lowest BCUT2D eigenvalue weighted by Crippen LogP contribution is -2.45. The Kier molecular flexibility index (Phi) is 9.29. The van der Waals surface area contributed by atoms with E-state index in [4.69, 9.17) is 5.11 Å². The number of rotatable bonds is 10. The van der Waals surface area contributed by atoms with Crippen LogP contribution in [-0.4, -0.2) is 75.0 Å². The summed E-state index contributed by atoms with van der Waals surface area (Å²) >= 11 is 0. The van der Waals surface area contributed by atoms with Gasteiger partial charge in [0.1, 0.15) is 0 Å². The van der Waals surface area contributed by atoms with Gasteiger partial charge in [-0.3, -0.25) is 19.3 Å². The molecule has 4 N–H and O–H groups in total. The number of anilines is 1. The number of carbonyl (C=O) groups excluding carboxylic acids is 4. The van der Waals surface area contributed by atoms with Crippen LogP contribution in [0, 0.1) is 17.3 Å². The number of carboxylic acids is 1. The van der Waals surface area contributed by atoms with Crippen LogP contribution >= 0.6 is 0 Å². The largest absolute Gasteiger partial charge is 0.479 e. The van der Waals surface area contributed by atoms with Gasteiger partial charge in [0.25, 0.3) is 17.7 Å². The van der Waals surface area contributed by atoms with Gasteiger partial charge in [0.2, 0.25) is 0 Å². The number of urea groups is 1. The third-order valence-corrected chi connectivity index (χ3v) is 9.29. The van der Waals surface area contributed by atoms with E-state index in [0.29, 0.717) is 40.8 Å². The Hall–Kier alpha value is -4.25. The Labute approximate surface area is 263 Å². The van der Waals surface area contributed by atoms with Crippen molar-refractivity contribution < 1.29 is 34.2 Å². The first-order valence-electron chi connectivity index (χ1n) is 15.7. The van der Waals surface area contributed by atoms with E-state index >= 15 is 0 Å². The molecule has 5 amide bonds. The van der Waals surface area contributed by atoms with Crippen molar-refractivity contribution in [2.45, 2.75) is 78.0 Å². The molecule has 240 valence electrons. The molecule has 2 fully saturated rings. The van der Waals surface area contributed by atoms with Gasteiger partial charge in [-0.15, -0.1) is 0 Å². The second-order valence-corrected chi connectivity index (χ2v) is 13.6. The molecule has 1 heterocycles. The Morgan fingerprint density at radius 2 is 1.58 bits per heavy atom. The lowest BCUT2D eigenvalue weighted by molar-refractivity contribution is -0.146. The first-order valence-corrected chi connectivity index (χ1v) is 15.7. The Balaban J connectivity index is 1.30. The van der Waals surface area contributed by atoms with Gasteiger partial charge < -0.3 is 25.7 Å². The molecule has 0 bridgehead atoms. The smallest absolute Gasteiger partial charge is 0.334 e. The van der Waals surface area contributed by atoms with Crippen LogP contribution < -0.4 is 10.6 Å². The molecule has 0 radical (unpaired) electrons. The zero-order chi connectivity index (χ0) is 32.5. The van der Waals surface area contributed by atoms with Crippen LogP contribution in [0.4, 0.5) is 10.5 Å². The number of imide groups is 1. The van der Waals surface area contributed by atoms with E-state index in [-0.39, 0.29) is 35.8 Å². The number of carbonyl (C=O) groups is 5. The van der Waals surface area contributed by atoms with Gasteiger partial charge in [-0.05, 0) is 91.7 Å². The molecule has 0 saturated heterocycles. The number of hydrogen-bond donors (Lipinski definition) is 4. The molecule has 11 heteroatoms. The molecule has 2 saturated carbocycles. The average molecular weight is 619 g/mol. The predicted molar refractivity (Wildman–Crippen MR) is 167 cm³/mol. The lowest BCUT2D eigenvalue weighted by Gasteiger charge is -2.41. The number of carboxylic acid groups (broad SMARTS) is 1. The number of aliphatic hydroxyl groups excluding tert-OH is 1. The zero-order valence-corrected chi connectivity index (χ0v) is 26.0. The first kappa shape index (κ1) is 32.2. The minimum absolute atomic E-state index is 0.0178. The van der Waals surface area contributed by atoms with Crippen molar-refractivity contribution in [3.05, 3.63) is 64.7 Å². The van der Waals surface area contributed by atoms with Gasteiger partial charge in [0, 0.05) is 30.4 Å². The minimum atomic E-state index is -1.69. The molecular formula is C34H42N4O7. The van der Waals surface area contributed by atoms with Crippen molar-refractivity contribution in [2.24, 2.45) is 17.3 Å². The van der Waals surface area contributed by atoms with Crippen molar-refractivity contribution in [2.75, 3.05) is 18.4 Å². The molecule has 2 aromatic carbocycles. The SMILES string of the molecule is CC(C)(C)C1CCC(N(Cc2ccc(C(=O)NC[C@@H](O)C(=O)O)cc2)C(=O)Nc2ccc3c(c2)C(=O)N(CC2CC2)C3=O)CC1. The van der Waals surface area contributed by atoms with E-state index < -0.39 is 24.5 Å². The third kappa shape index (κ3) is 7.53. The summed E-state index contributed by atoms with van der Waals surface area (Å²) in [6.45, 7) is 7.04. The molecule has 2 aromatic rings. The predicted octanol–water partition coefficient (Wildman–Crippen LogP) is 4.51. The van der Waals surface area contributed by atoms with Gasteiger partial charge in [-0.1, -0.05) is 32.9 Å². The molecule has 0 spiro atoms. The summed E-state index contributed by atoms with van der Waals surface area (Å²) in [5.41, 5.74) is 2.38. The number of fused-ring (bicyclic) bond motifs is 1. The van der Waals surface area contributed by atoms with E-state index in [0.717, 1.165) is 44.1 Å². The number of benzene rings is 2. The van der Waals surface area contributed by atoms with Crippen LogP contribution in [0.3, 0.4) is 0 Å². The molecule has 3 aliphatic rings. The summed E-state index contributed by atoms with van der Waals surface area (Å²) in [4.78, 5) is 66.1. The van der Waals surface area contributed by atoms with Crippen LogP contribution in [0.1, 0.15) is 95.9 Å². The van der Waals surface area contributed by atoms with Gasteiger partial charge in [-0.2, -0.15) is 0 Å². The van der Waals surface area contributed by atoms with Crippen LogP contribution in [0.2, 0.25) is 0 Å². The van der Waals surface area contributed by atoms with Crippen LogP contribution in [0.5, 0.6) is 0 Å². The summed E-state index contributed by atoms with van der Waals surface area (Å²) in [6, 6.07) is 11.2. The number of amides is 5. The second-order valence-electron chi connectivity index (χ2n) is 13.6. The zero-order valence-electron chi connectivity index (χ0n) is 26.0. The molecular weight excluding hydrogens is 576 g/mol. The first-order chi connectivity index (χ1) is 21.3. The maximum atomic E-state index is 13.9. The molecule has 11 nitrogen and oxygen atoms in total. The molecule has 5 rings (SSSR count). The second kappa shape index (κ2) is 13.0. The summed E-state index contributed by atoms with van der Waals surface area (Å²) in [5, 5.41) is 23.6. The van der Waals surface area contributed by atoms with E-state index in [1.807, 2.05) is 0 Å². The number of nitrogens with one attached hydrogen (secondary N) is 2. The molecule has 1 aliphatic heterocycles. The molecule has 1 atom stereocenters. The third-order valence-electron chi connectivity index (χ3n) is 9.29. The Morgan fingerprint density at radius 3 is 2.18 bits per heavy atom. The summed E-state index contributed by atoms with van der Waals surface area (Å²) in [7, 11) is 0. The van der Waals surface area contributed by atoms with Crippen LogP contribution in [-0.2, 0) is 11.3 Å². The van der Waals surface area contributed by atoms with Crippen molar-refractivity contribution in [1.29, 1.82) is 0 Å². The van der Waals surface area contributed by atoms with Crippen LogP contribution in [0.15, 0.2) is 42.5 Å². The molecule has 0 aromatic heterocycles. The molecule has 45 heavy (non-hydrogen) atoms. The highest BCUT2D eigenvalue weighted by molar-refractivity contribution is 6.21. The quantitative estimate of drug-likeness (QED) is 0.286. The fraction of sp³-hybridized carbons (Fsp3) is 0.500. The van der Waals surface area contributed by atoms with Gasteiger partial charge in [0.15, 0.2) is 6.10 Å². The van der Waals surface area contributed by atoms with Crippen molar-refractivity contribution in [3.8, 4) is 0 Å². The summed E-state index contributed by atoms with van der Waals surface area (Å²) in [6.07, 6.45) is 4.02. The van der Waals surface area contributed by atoms with E-state index in [1.165, 1.54) is 4.90 Å². The topological polar surface area (TPSA) is 156 Å². The van der Waals surface area contributed by atoms with Crippen molar-refractivity contribution in [1.82, 2.24) is 15.1 Å². The monoisotopic (exact) mass is 618 g/mol. The highest BCUT2D eigenvalue weighted by atomic mass is 16.4. The fourth-order valence-electron chi connectivity index (χ4n) is 6.25. The van der Waals surface area contributed by atoms with Crippen LogP contribution in [0.25, 0.3) is 0 Å². The number of aliphatic hydroxyl groups is 1. The van der Waals surface area contributed by atoms with Gasteiger partial charge in [0.05, 0.1) is 17.7 Å². The number of nitrogens with zero attached hydrogens (tertiary/aromatic N) is 2. The van der Waals surface area contributed by atoms with E-state index in [1.54, 1.807) is 47.4 Å².